The zero-order valence-electron chi connectivity index (χ0n) is 64.3. The number of urea groups is 4. The van der Waals surface area contributed by atoms with Crippen molar-refractivity contribution in [2.75, 3.05) is 155 Å². The van der Waals surface area contributed by atoms with E-state index in [4.69, 9.17) is 34.1 Å². The Labute approximate surface area is 660 Å². The van der Waals surface area contributed by atoms with E-state index in [1.165, 1.54) is 12.6 Å². The molecular weight excluding hydrogens is 1440 g/mol. The molecule has 2 N–H and O–H groups in total. The highest BCUT2D eigenvalue weighted by molar-refractivity contribution is 6.06. The number of hydrogen-bond acceptors (Lipinski definition) is 22. The van der Waals surface area contributed by atoms with Crippen LogP contribution in [-0.2, 0) is 4.74 Å². The summed E-state index contributed by atoms with van der Waals surface area (Å²) in [6.07, 6.45) is 20.7. The Balaban J connectivity index is 0.000000106. The number of amides is 8. The average molecular weight is 1530 g/mol. The lowest BCUT2D eigenvalue weighted by molar-refractivity contribution is 0.0544. The quantitative estimate of drug-likeness (QED) is 0.156. The molecule has 21 heterocycles. The molecule has 0 aliphatic carbocycles. The molecule has 582 valence electrons. The maximum Gasteiger partial charge on any atom is 0.329 e. The number of anilines is 10. The fourth-order valence-electron chi connectivity index (χ4n) is 17.2. The summed E-state index contributed by atoms with van der Waals surface area (Å²) in [6, 6.07) is 34.4. The number of carbonyl (C=O) groups excluding carboxylic acids is 4. The van der Waals surface area contributed by atoms with E-state index in [9.17, 15) is 19.2 Å². The van der Waals surface area contributed by atoms with Gasteiger partial charge in [-0.1, -0.05) is 0 Å². The maximum atomic E-state index is 13.4. The number of nitrogens with zero attached hydrogens (tertiary/aromatic N) is 21. The van der Waals surface area contributed by atoms with E-state index in [-0.39, 0.29) is 48.3 Å². The van der Waals surface area contributed by atoms with Crippen LogP contribution in [0.1, 0.15) is 67.7 Å². The molecule has 114 heavy (non-hydrogen) atoms. The van der Waals surface area contributed by atoms with Crippen LogP contribution in [0.5, 0.6) is 11.6 Å². The maximum absolute atomic E-state index is 13.4. The van der Waals surface area contributed by atoms with Crippen molar-refractivity contribution >= 4 is 81.7 Å². The van der Waals surface area contributed by atoms with Gasteiger partial charge in [0.15, 0.2) is 34.8 Å². The number of rotatable bonds is 6. The monoisotopic (exact) mass is 1530 g/mol. The summed E-state index contributed by atoms with van der Waals surface area (Å²) in [6.45, 7) is 20.2. The highest BCUT2D eigenvalue weighted by Crippen LogP contribution is 2.46. The summed E-state index contributed by atoms with van der Waals surface area (Å²) in [5.41, 5.74) is 15.9. The molecule has 4 atom stereocenters. The van der Waals surface area contributed by atoms with Crippen LogP contribution in [0, 0.1) is 27.7 Å². The van der Waals surface area contributed by atoms with Gasteiger partial charge in [-0.25, -0.2) is 49.1 Å². The molecule has 11 aliphatic heterocycles. The lowest BCUT2D eigenvalue weighted by Crippen LogP contribution is -2.54. The van der Waals surface area contributed by atoms with E-state index < -0.39 is 0 Å². The smallest absolute Gasteiger partial charge is 0.329 e. The Hall–Kier alpha value is -12.7. The largest absolute Gasteiger partial charge is 0.484 e. The molecule has 0 aromatic carbocycles. The topological polar surface area (TPSA) is 294 Å². The highest BCUT2D eigenvalue weighted by Gasteiger charge is 2.46. The summed E-state index contributed by atoms with van der Waals surface area (Å²) < 4.78 is 16.5. The molecule has 6 fully saturated rings. The number of aromatic nitrogens is 11. The van der Waals surface area contributed by atoms with Crippen molar-refractivity contribution < 1.29 is 33.4 Å². The molecular formula is C84H89N23O7. The molecule has 0 spiro atoms. The number of likely N-dealkylation sites (tertiary alicyclic amines) is 1. The van der Waals surface area contributed by atoms with Crippen LogP contribution >= 0.6 is 0 Å². The van der Waals surface area contributed by atoms with Gasteiger partial charge in [0, 0.05) is 167 Å². The van der Waals surface area contributed by atoms with Gasteiger partial charge in [0.2, 0.25) is 0 Å². The van der Waals surface area contributed by atoms with Gasteiger partial charge in [-0.15, -0.1) is 0 Å². The van der Waals surface area contributed by atoms with E-state index in [0.29, 0.717) is 74.3 Å². The summed E-state index contributed by atoms with van der Waals surface area (Å²) in [5.74, 6) is 4.38. The zero-order valence-corrected chi connectivity index (χ0v) is 64.3. The van der Waals surface area contributed by atoms with Crippen LogP contribution in [0.4, 0.5) is 76.7 Å². The van der Waals surface area contributed by atoms with Gasteiger partial charge in [0.1, 0.15) is 13.2 Å². The van der Waals surface area contributed by atoms with E-state index in [1.54, 1.807) is 53.0 Å². The first-order chi connectivity index (χ1) is 55.7. The fourth-order valence-corrected chi connectivity index (χ4v) is 17.2. The first kappa shape index (κ1) is 72.8. The van der Waals surface area contributed by atoms with Crippen molar-refractivity contribution in [2.24, 2.45) is 0 Å². The Kier molecular flexibility index (Phi) is 20.1. The number of hydrogen-bond donors (Lipinski definition) is 2. The van der Waals surface area contributed by atoms with Gasteiger partial charge in [-0.05, 0) is 170 Å². The van der Waals surface area contributed by atoms with E-state index in [1.807, 2.05) is 120 Å². The number of fused-ring (bicyclic) bond motifs is 17. The van der Waals surface area contributed by atoms with Crippen molar-refractivity contribution in [1.29, 1.82) is 0 Å². The van der Waals surface area contributed by atoms with E-state index >= 15 is 0 Å². The molecule has 11 aliphatic rings. The minimum atomic E-state index is -0.233. The van der Waals surface area contributed by atoms with Gasteiger partial charge in [0.25, 0.3) is 5.88 Å². The lowest BCUT2D eigenvalue weighted by Gasteiger charge is -2.39. The van der Waals surface area contributed by atoms with Crippen molar-refractivity contribution in [1.82, 2.24) is 64.6 Å². The van der Waals surface area contributed by atoms with E-state index in [0.717, 1.165) is 206 Å². The number of carbonyl (C=O) groups is 4. The van der Waals surface area contributed by atoms with Crippen LogP contribution in [0.25, 0.3) is 45.0 Å². The van der Waals surface area contributed by atoms with Gasteiger partial charge in [-0.3, -0.25) is 49.8 Å². The van der Waals surface area contributed by atoms with Crippen LogP contribution < -0.4 is 59.3 Å². The first-order valence-corrected chi connectivity index (χ1v) is 39.5. The second-order valence-corrected chi connectivity index (χ2v) is 30.3. The number of nitrogens with one attached hydrogen (secondary N) is 2. The third-order valence-electron chi connectivity index (χ3n) is 22.8. The van der Waals surface area contributed by atoms with Crippen molar-refractivity contribution in [3.8, 4) is 56.7 Å². The first-order valence-electron chi connectivity index (χ1n) is 39.5. The second-order valence-electron chi connectivity index (χ2n) is 30.3. The van der Waals surface area contributed by atoms with E-state index in [2.05, 4.69) is 95.5 Å². The Morgan fingerprint density at radius 1 is 0.377 bits per heavy atom. The normalized spacial score (nSPS) is 19.5. The SMILES string of the molecule is Cc1cc(-c2ccc3c(n2)N(C(=O)N2CCCCC2)[C@H]2CCN3C2)ccn1.Cc1cc(-c2ccc3c(n2)N(C(=O)N2CCOCC2)[C@H]2CCN3C2)ccn1.Cc1cc(-c2ccc3c(n2)N(C(=O)Nc2cnc4c(c2)OCCO4)[C@H]2CCN3C2)ccn1.Cc1cc(-c2ccc3c(n2)N(C(=O)Nc2cnccn2)[C@@H]2CCN3C2)ccn1. The van der Waals surface area contributed by atoms with Gasteiger partial charge in [0.05, 0.1) is 101 Å². The highest BCUT2D eigenvalue weighted by atomic mass is 16.6. The van der Waals surface area contributed by atoms with Gasteiger partial charge >= 0.3 is 24.1 Å². The minimum absolute atomic E-state index is 0.0571. The molecule has 8 bridgehead atoms. The predicted octanol–water partition coefficient (Wildman–Crippen LogP) is 11.9. The molecule has 0 radical (unpaired) electrons. The van der Waals surface area contributed by atoms with Gasteiger partial charge in [-0.2, -0.15) is 0 Å². The number of aryl methyl sites for hydroxylation is 4. The summed E-state index contributed by atoms with van der Waals surface area (Å²) >= 11 is 0. The Bertz CT molecular complexity index is 5160. The number of morpholine rings is 1. The molecule has 21 rings (SSSR count). The number of piperidine rings is 1. The molecule has 6 saturated heterocycles. The lowest BCUT2D eigenvalue weighted by atomic mass is 10.1. The minimum Gasteiger partial charge on any atom is -0.484 e. The second kappa shape index (κ2) is 31.4. The standard InChI is InChI=1S/C23H22N6O3.C21H25N5O.C20H19N7O.C20H23N5O2/c1-14-10-15(4-6-24-14)18-2-3-19-21(27-18)29(17-5-7-28(19)13-17)23(30)26-16-11-20-22(25-12-16)32-9-8-31-20;1-15-13-16(7-9-22-15)18-5-6-19-20(23-18)26(17-8-12-25(19)14-17)21(27)24-10-3-2-4-11-24;1-13-10-14(4-6-22-13)16-2-3-17-19(24-16)27(15-5-9-26(17)12-15)20(28)25-18-11-21-7-8-23-18;1-14-12-15(4-6-21-14)17-2-3-18-19(22-17)25(16-5-7-24(18)13-16)20(26)23-8-10-27-11-9-23/h2-4,6,10-12,17H,5,7-9,13H2,1H3,(H,26,30);5-7,9,13,17H,2-4,8,10-12,14H2,1H3;2-4,6-8,10-11,15H,5,9,12H2,1H3,(H,23,25,28);2-4,6,12,16H,5,7-11,13H2,1H3/t2*17-;15-;16-/m0010/s1. The summed E-state index contributed by atoms with van der Waals surface area (Å²) in [4.78, 5) is 123. The van der Waals surface area contributed by atoms with Gasteiger partial charge < -0.3 is 48.9 Å². The van der Waals surface area contributed by atoms with Crippen molar-refractivity contribution in [3.63, 3.8) is 0 Å². The number of pyridine rings is 9. The van der Waals surface area contributed by atoms with Crippen LogP contribution in [0.15, 0.2) is 153 Å². The fraction of sp³-hybridized carbons (Fsp3) is 0.369. The molecule has 30 nitrogen and oxygen atoms in total. The van der Waals surface area contributed by atoms with Crippen molar-refractivity contribution in [3.05, 3.63) is 175 Å². The molecule has 30 heteroatoms. The number of ether oxygens (including phenoxy) is 3. The Morgan fingerprint density at radius 2 is 0.772 bits per heavy atom. The van der Waals surface area contributed by atoms with Crippen molar-refractivity contribution in [2.45, 2.75) is 96.8 Å². The molecule has 0 unspecified atom stereocenters. The van der Waals surface area contributed by atoms with Crippen LogP contribution in [-0.4, -0.2) is 218 Å². The Morgan fingerprint density at radius 3 is 1.18 bits per heavy atom. The summed E-state index contributed by atoms with van der Waals surface area (Å²) in [7, 11) is 0. The predicted molar refractivity (Wildman–Crippen MR) is 435 cm³/mol. The third kappa shape index (κ3) is 14.7. The molecule has 0 saturated carbocycles. The van der Waals surface area contributed by atoms with Crippen LogP contribution in [0.2, 0.25) is 0 Å². The third-order valence-corrected chi connectivity index (χ3v) is 22.8. The average Bonchev–Trinajstić information content (AvgIpc) is 1.56. The van der Waals surface area contributed by atoms with Crippen LogP contribution in [0.3, 0.4) is 0 Å². The molecule has 10 aromatic rings. The molecule has 10 aromatic heterocycles. The zero-order chi connectivity index (χ0) is 77.5. The molecule has 8 amide bonds. The summed E-state index contributed by atoms with van der Waals surface area (Å²) in [5, 5.41) is 5.82.